The van der Waals surface area contributed by atoms with Crippen molar-refractivity contribution in [2.75, 3.05) is 34.4 Å². The van der Waals surface area contributed by atoms with E-state index in [1.807, 2.05) is 62.4 Å². The van der Waals surface area contributed by atoms with Crippen LogP contribution in [0.4, 0.5) is 21.6 Å². The molecule has 1 fully saturated rings. The molecule has 1 unspecified atom stereocenters. The summed E-state index contributed by atoms with van der Waals surface area (Å²) >= 11 is 2.89. The largest absolute Gasteiger partial charge is 0.385 e. The molecule has 0 radical (unpaired) electrons. The number of carbonyl (C=O) groups is 2. The Kier molecular flexibility index (Phi) is 10.1. The normalized spacial score (nSPS) is 16.5. The molecule has 4 N–H and O–H groups in total. The summed E-state index contributed by atoms with van der Waals surface area (Å²) in [6.45, 7) is 5.74. The number of anilines is 4. The number of nitrogens with one attached hydrogen (secondary N) is 4. The average Bonchev–Trinajstić information content (AvgIpc) is 3.64. The van der Waals surface area contributed by atoms with Crippen LogP contribution in [0.2, 0.25) is 0 Å². The van der Waals surface area contributed by atoms with E-state index in [1.54, 1.807) is 0 Å². The van der Waals surface area contributed by atoms with Crippen molar-refractivity contribution in [3.8, 4) is 0 Å². The molecule has 2 aromatic carbocycles. The zero-order valence-electron chi connectivity index (χ0n) is 23.9. The zero-order chi connectivity index (χ0) is 29.3. The second-order valence-corrected chi connectivity index (χ2v) is 12.4. The second kappa shape index (κ2) is 14.3. The monoisotopic (exact) mass is 604 g/mol. The standard InChI is InChI=1S/C30H36N8O2S2/c1-3-31-23-12-5-8-19(14-23)16-25(39)33-29-37-35-27(41-29)21-10-7-11-22(18-21)28-36-38-30(42-28)34-26(40)17-20-9-6-13-24(15-20)32-4-2/h5-6,8-9,12-15,21-22,31-32H,3-4,7,10-11,16-18H2,1-2H3,(H,33,37,39)(H,34,38,40)/t21-,22?/m0/s1. The minimum Gasteiger partial charge on any atom is -0.385 e. The van der Waals surface area contributed by atoms with Gasteiger partial charge in [0.2, 0.25) is 22.1 Å². The van der Waals surface area contributed by atoms with E-state index in [1.165, 1.54) is 22.7 Å². The summed E-state index contributed by atoms with van der Waals surface area (Å²) in [7, 11) is 0. The Morgan fingerprint density at radius 1 is 0.738 bits per heavy atom. The molecule has 2 aromatic heterocycles. The van der Waals surface area contributed by atoms with E-state index in [0.717, 1.165) is 71.3 Å². The summed E-state index contributed by atoms with van der Waals surface area (Å²) in [5, 5.41) is 32.6. The molecule has 42 heavy (non-hydrogen) atoms. The summed E-state index contributed by atoms with van der Waals surface area (Å²) in [5.74, 6) is 0.271. The molecule has 0 saturated heterocycles. The first-order valence-corrected chi connectivity index (χ1v) is 16.0. The van der Waals surface area contributed by atoms with Gasteiger partial charge in [-0.2, -0.15) is 0 Å². The lowest BCUT2D eigenvalue weighted by molar-refractivity contribution is -0.116. The van der Waals surface area contributed by atoms with Crippen LogP contribution in [0.3, 0.4) is 0 Å². The fourth-order valence-corrected chi connectivity index (χ4v) is 7.04. The van der Waals surface area contributed by atoms with Crippen LogP contribution < -0.4 is 21.3 Å². The molecule has 2 amide bonds. The van der Waals surface area contributed by atoms with E-state index in [0.29, 0.717) is 10.3 Å². The lowest BCUT2D eigenvalue weighted by atomic mass is 9.82. The van der Waals surface area contributed by atoms with Crippen LogP contribution in [0.25, 0.3) is 0 Å². The highest BCUT2D eigenvalue weighted by molar-refractivity contribution is 7.15. The molecule has 10 nitrogen and oxygen atoms in total. The minimum absolute atomic E-state index is 0.110. The molecular formula is C30H36N8O2S2. The average molecular weight is 605 g/mol. The van der Waals surface area contributed by atoms with E-state index in [-0.39, 0.29) is 36.5 Å². The van der Waals surface area contributed by atoms with Gasteiger partial charge < -0.3 is 21.3 Å². The third kappa shape index (κ3) is 8.10. The molecule has 2 atom stereocenters. The summed E-state index contributed by atoms with van der Waals surface area (Å²) in [6.07, 6.45) is 4.52. The lowest BCUT2D eigenvalue weighted by Crippen LogP contribution is -2.14. The first-order valence-electron chi connectivity index (χ1n) is 14.4. The number of benzene rings is 2. The van der Waals surface area contributed by atoms with Crippen LogP contribution in [0, 0.1) is 0 Å². The predicted molar refractivity (Wildman–Crippen MR) is 170 cm³/mol. The number of hydrogen-bond acceptors (Lipinski definition) is 10. The highest BCUT2D eigenvalue weighted by Gasteiger charge is 2.29. The fraction of sp³-hybridized carbons (Fsp3) is 0.400. The summed E-state index contributed by atoms with van der Waals surface area (Å²) in [6, 6.07) is 15.8. The number of amides is 2. The van der Waals surface area contributed by atoms with Gasteiger partial charge in [-0.15, -0.1) is 20.4 Å². The highest BCUT2D eigenvalue weighted by atomic mass is 32.1. The van der Waals surface area contributed by atoms with Gasteiger partial charge >= 0.3 is 0 Å². The maximum absolute atomic E-state index is 12.7. The molecule has 2 heterocycles. The molecule has 1 aliphatic carbocycles. The van der Waals surface area contributed by atoms with E-state index in [4.69, 9.17) is 0 Å². The summed E-state index contributed by atoms with van der Waals surface area (Å²) in [4.78, 5) is 25.3. The Balaban J connectivity index is 1.13. The van der Waals surface area contributed by atoms with Crippen LogP contribution in [0.15, 0.2) is 48.5 Å². The molecular weight excluding hydrogens is 569 g/mol. The van der Waals surface area contributed by atoms with Crippen LogP contribution in [0.5, 0.6) is 0 Å². The SMILES string of the molecule is CCNc1cccc(CC(=O)Nc2nnc(C3CCC[C@H](c4nnc(NC(=O)Cc5cccc(NCC)c5)s4)C3)s2)c1. The predicted octanol–water partition coefficient (Wildman–Crippen LogP) is 6.06. The third-order valence-corrected chi connectivity index (χ3v) is 9.09. The van der Waals surface area contributed by atoms with Crippen molar-refractivity contribution in [3.05, 3.63) is 69.7 Å². The number of nitrogens with zero attached hydrogens (tertiary/aromatic N) is 4. The van der Waals surface area contributed by atoms with Crippen molar-refractivity contribution in [1.82, 2.24) is 20.4 Å². The van der Waals surface area contributed by atoms with Gasteiger partial charge in [0, 0.05) is 36.3 Å². The van der Waals surface area contributed by atoms with E-state index in [9.17, 15) is 9.59 Å². The Morgan fingerprint density at radius 2 is 1.21 bits per heavy atom. The Morgan fingerprint density at radius 3 is 1.67 bits per heavy atom. The summed E-state index contributed by atoms with van der Waals surface area (Å²) in [5.41, 5.74) is 3.89. The van der Waals surface area contributed by atoms with Gasteiger partial charge in [0.15, 0.2) is 0 Å². The summed E-state index contributed by atoms with van der Waals surface area (Å²) < 4.78 is 0. The molecule has 1 saturated carbocycles. The van der Waals surface area contributed by atoms with Gasteiger partial charge in [-0.3, -0.25) is 9.59 Å². The lowest BCUT2D eigenvalue weighted by Gasteiger charge is -2.25. The third-order valence-electron chi connectivity index (χ3n) is 7.09. The van der Waals surface area contributed by atoms with Gasteiger partial charge in [0.25, 0.3) is 0 Å². The topological polar surface area (TPSA) is 134 Å². The smallest absolute Gasteiger partial charge is 0.230 e. The Bertz CT molecular complexity index is 1390. The molecule has 12 heteroatoms. The van der Waals surface area contributed by atoms with E-state index >= 15 is 0 Å². The number of carbonyl (C=O) groups excluding carboxylic acids is 2. The Labute approximate surface area is 253 Å². The highest BCUT2D eigenvalue weighted by Crippen LogP contribution is 2.43. The number of hydrogen-bond donors (Lipinski definition) is 4. The fourth-order valence-electron chi connectivity index (χ4n) is 5.23. The zero-order valence-corrected chi connectivity index (χ0v) is 25.5. The van der Waals surface area contributed by atoms with Crippen molar-refractivity contribution < 1.29 is 9.59 Å². The molecule has 0 aliphatic heterocycles. The van der Waals surface area contributed by atoms with Gasteiger partial charge in [-0.05, 0) is 68.5 Å². The van der Waals surface area contributed by atoms with E-state index in [2.05, 4.69) is 41.7 Å². The quantitative estimate of drug-likeness (QED) is 0.153. The van der Waals surface area contributed by atoms with Crippen LogP contribution in [0.1, 0.15) is 72.5 Å². The van der Waals surface area contributed by atoms with Gasteiger partial charge in [-0.25, -0.2) is 0 Å². The molecule has 5 rings (SSSR count). The van der Waals surface area contributed by atoms with Crippen molar-refractivity contribution in [3.63, 3.8) is 0 Å². The minimum atomic E-state index is -0.110. The van der Waals surface area contributed by atoms with Gasteiger partial charge in [0.1, 0.15) is 10.0 Å². The molecule has 0 bridgehead atoms. The van der Waals surface area contributed by atoms with Crippen LogP contribution in [-0.2, 0) is 22.4 Å². The Hall–Kier alpha value is -3.90. The number of aromatic nitrogens is 4. The number of rotatable bonds is 12. The van der Waals surface area contributed by atoms with Crippen molar-refractivity contribution in [1.29, 1.82) is 0 Å². The molecule has 0 spiro atoms. The van der Waals surface area contributed by atoms with Crippen molar-refractivity contribution in [2.24, 2.45) is 0 Å². The van der Waals surface area contributed by atoms with Crippen molar-refractivity contribution >= 4 is 56.1 Å². The molecule has 4 aromatic rings. The van der Waals surface area contributed by atoms with Crippen LogP contribution >= 0.6 is 22.7 Å². The van der Waals surface area contributed by atoms with Crippen LogP contribution in [-0.4, -0.2) is 45.3 Å². The van der Waals surface area contributed by atoms with E-state index < -0.39 is 0 Å². The molecule has 220 valence electrons. The van der Waals surface area contributed by atoms with Gasteiger partial charge in [0.05, 0.1) is 12.8 Å². The maximum Gasteiger partial charge on any atom is 0.230 e. The first kappa shape index (κ1) is 29.6. The second-order valence-electron chi connectivity index (χ2n) is 10.4. The van der Waals surface area contributed by atoms with Crippen molar-refractivity contribution in [2.45, 2.75) is 64.2 Å². The molecule has 1 aliphatic rings. The first-order chi connectivity index (χ1) is 20.5. The van der Waals surface area contributed by atoms with Gasteiger partial charge in [-0.1, -0.05) is 53.4 Å². The maximum atomic E-state index is 12.7.